The highest BCUT2D eigenvalue weighted by molar-refractivity contribution is 9.10. The molecule has 2 aromatic rings. The van der Waals surface area contributed by atoms with Gasteiger partial charge in [-0.25, -0.2) is 4.39 Å². The molecule has 2 rings (SSSR count). The Bertz CT molecular complexity index is 640. The van der Waals surface area contributed by atoms with Gasteiger partial charge in [-0.15, -0.1) is 0 Å². The van der Waals surface area contributed by atoms with Gasteiger partial charge in [-0.05, 0) is 62.5 Å². The standard InChI is InChI=1S/C14H13Br2FN2O/c1-2-5-19-8-9(15)6-13(19)14(20)18-10-3-4-11(16)12(17)7-10/h3-4,6-8H,2,5H2,1H3,(H,18,20). The number of hydrogen-bond donors (Lipinski definition) is 1. The third kappa shape index (κ3) is 3.49. The SMILES string of the molecule is CCCn1cc(Br)cc1C(=O)Nc1ccc(Br)c(F)c1. The normalized spacial score (nSPS) is 10.6. The molecule has 20 heavy (non-hydrogen) atoms. The van der Waals surface area contributed by atoms with Crippen LogP contribution in [0.5, 0.6) is 0 Å². The number of nitrogens with zero attached hydrogens (tertiary/aromatic N) is 1. The Kier molecular flexibility index (Phi) is 4.99. The van der Waals surface area contributed by atoms with Gasteiger partial charge in [0.25, 0.3) is 5.91 Å². The molecule has 1 N–H and O–H groups in total. The summed E-state index contributed by atoms with van der Waals surface area (Å²) in [5.74, 6) is -0.668. The van der Waals surface area contributed by atoms with Crippen LogP contribution in [0, 0.1) is 5.82 Å². The monoisotopic (exact) mass is 402 g/mol. The maximum Gasteiger partial charge on any atom is 0.272 e. The predicted molar refractivity (Wildman–Crippen MR) is 84.5 cm³/mol. The van der Waals surface area contributed by atoms with Crippen molar-refractivity contribution in [1.82, 2.24) is 4.57 Å². The van der Waals surface area contributed by atoms with Gasteiger partial charge in [-0.2, -0.15) is 0 Å². The van der Waals surface area contributed by atoms with Gasteiger partial charge in [0.05, 0.1) is 4.47 Å². The number of hydrogen-bond acceptors (Lipinski definition) is 1. The Hall–Kier alpha value is -1.14. The van der Waals surface area contributed by atoms with Crippen molar-refractivity contribution in [2.45, 2.75) is 19.9 Å². The number of aromatic nitrogens is 1. The van der Waals surface area contributed by atoms with Crippen LogP contribution in [0.25, 0.3) is 0 Å². The molecule has 106 valence electrons. The topological polar surface area (TPSA) is 34.0 Å². The number of carbonyl (C=O) groups is 1. The van der Waals surface area contributed by atoms with Gasteiger partial charge < -0.3 is 9.88 Å². The van der Waals surface area contributed by atoms with E-state index < -0.39 is 5.82 Å². The van der Waals surface area contributed by atoms with Gasteiger partial charge in [0.15, 0.2) is 0 Å². The average molecular weight is 404 g/mol. The van der Waals surface area contributed by atoms with Gasteiger partial charge in [-0.3, -0.25) is 4.79 Å². The van der Waals surface area contributed by atoms with Crippen molar-refractivity contribution in [3.8, 4) is 0 Å². The van der Waals surface area contributed by atoms with Crippen LogP contribution in [0.4, 0.5) is 10.1 Å². The maximum atomic E-state index is 13.4. The smallest absolute Gasteiger partial charge is 0.272 e. The minimum Gasteiger partial charge on any atom is -0.342 e. The lowest BCUT2D eigenvalue weighted by molar-refractivity contribution is 0.101. The van der Waals surface area contributed by atoms with E-state index >= 15 is 0 Å². The number of rotatable bonds is 4. The molecule has 0 spiro atoms. The molecular weight excluding hydrogens is 391 g/mol. The first kappa shape index (κ1) is 15.3. The molecule has 0 atom stereocenters. The highest BCUT2D eigenvalue weighted by Gasteiger charge is 2.13. The van der Waals surface area contributed by atoms with E-state index in [-0.39, 0.29) is 5.91 Å². The second-order valence-corrected chi connectivity index (χ2v) is 6.09. The summed E-state index contributed by atoms with van der Waals surface area (Å²) >= 11 is 6.44. The summed E-state index contributed by atoms with van der Waals surface area (Å²) in [7, 11) is 0. The van der Waals surface area contributed by atoms with E-state index in [0.717, 1.165) is 17.4 Å². The van der Waals surface area contributed by atoms with E-state index in [2.05, 4.69) is 37.2 Å². The predicted octanol–water partition coefficient (Wildman–Crippen LogP) is 4.81. The second-order valence-electron chi connectivity index (χ2n) is 4.32. The molecule has 0 aliphatic carbocycles. The number of halogens is 3. The van der Waals surface area contributed by atoms with Gasteiger partial charge >= 0.3 is 0 Å². The van der Waals surface area contributed by atoms with E-state index in [9.17, 15) is 9.18 Å². The number of amides is 1. The Labute approximate surface area is 133 Å². The number of nitrogens with one attached hydrogen (secondary N) is 1. The zero-order valence-corrected chi connectivity index (χ0v) is 14.0. The van der Waals surface area contributed by atoms with E-state index in [1.807, 2.05) is 17.7 Å². The van der Waals surface area contributed by atoms with Crippen molar-refractivity contribution in [2.75, 3.05) is 5.32 Å². The lowest BCUT2D eigenvalue weighted by atomic mass is 10.3. The summed E-state index contributed by atoms with van der Waals surface area (Å²) in [6, 6.07) is 6.24. The maximum absolute atomic E-state index is 13.4. The summed E-state index contributed by atoms with van der Waals surface area (Å²) in [4.78, 5) is 12.2. The first-order valence-corrected chi connectivity index (χ1v) is 7.72. The summed E-state index contributed by atoms with van der Waals surface area (Å²) in [6.45, 7) is 2.79. The molecule has 1 aromatic heterocycles. The van der Waals surface area contributed by atoms with Crippen molar-refractivity contribution in [1.29, 1.82) is 0 Å². The summed E-state index contributed by atoms with van der Waals surface area (Å²) in [5, 5.41) is 2.70. The molecule has 1 aromatic carbocycles. The van der Waals surface area contributed by atoms with Crippen LogP contribution in [0.2, 0.25) is 0 Å². The first-order chi connectivity index (χ1) is 9.51. The van der Waals surface area contributed by atoms with Crippen LogP contribution in [0.1, 0.15) is 23.8 Å². The number of carbonyl (C=O) groups excluding carboxylic acids is 1. The molecular formula is C14H13Br2FN2O. The molecule has 6 heteroatoms. The van der Waals surface area contributed by atoms with Crippen molar-refractivity contribution in [2.24, 2.45) is 0 Å². The molecule has 1 heterocycles. The third-order valence-electron chi connectivity index (χ3n) is 2.74. The van der Waals surface area contributed by atoms with Crippen molar-refractivity contribution < 1.29 is 9.18 Å². The van der Waals surface area contributed by atoms with Gasteiger partial charge in [0.2, 0.25) is 0 Å². The minimum atomic E-state index is -0.409. The zero-order valence-electron chi connectivity index (χ0n) is 10.8. The van der Waals surface area contributed by atoms with Crippen LogP contribution >= 0.6 is 31.9 Å². The van der Waals surface area contributed by atoms with E-state index in [1.165, 1.54) is 6.07 Å². The van der Waals surface area contributed by atoms with Crippen molar-refractivity contribution in [3.05, 3.63) is 50.9 Å². The molecule has 0 aliphatic heterocycles. The molecule has 0 aliphatic rings. The Morgan fingerprint density at radius 3 is 2.75 bits per heavy atom. The molecule has 0 unspecified atom stereocenters. The molecule has 0 radical (unpaired) electrons. The fourth-order valence-corrected chi connectivity index (χ4v) is 2.57. The molecule has 1 amide bonds. The second kappa shape index (κ2) is 6.54. The molecule has 0 saturated heterocycles. The van der Waals surface area contributed by atoms with Crippen LogP contribution < -0.4 is 5.32 Å². The number of benzene rings is 1. The lowest BCUT2D eigenvalue weighted by Crippen LogP contribution is -2.16. The molecule has 0 bridgehead atoms. The Morgan fingerprint density at radius 2 is 2.10 bits per heavy atom. The van der Waals surface area contributed by atoms with Gasteiger partial charge in [0, 0.05) is 22.9 Å². The van der Waals surface area contributed by atoms with Crippen LogP contribution in [-0.4, -0.2) is 10.5 Å². The van der Waals surface area contributed by atoms with E-state index in [1.54, 1.807) is 18.2 Å². The van der Waals surface area contributed by atoms with E-state index in [4.69, 9.17) is 0 Å². The van der Waals surface area contributed by atoms with Crippen LogP contribution in [0.15, 0.2) is 39.4 Å². The van der Waals surface area contributed by atoms with Crippen molar-refractivity contribution in [3.63, 3.8) is 0 Å². The fourth-order valence-electron chi connectivity index (χ4n) is 1.86. The summed E-state index contributed by atoms with van der Waals surface area (Å²) in [5.41, 5.74) is 0.970. The average Bonchev–Trinajstić information content (AvgIpc) is 2.75. The van der Waals surface area contributed by atoms with Gasteiger partial charge in [0.1, 0.15) is 11.5 Å². The molecule has 0 fully saturated rings. The lowest BCUT2D eigenvalue weighted by Gasteiger charge is -2.09. The first-order valence-electron chi connectivity index (χ1n) is 6.13. The summed E-state index contributed by atoms with van der Waals surface area (Å²) < 4.78 is 16.5. The van der Waals surface area contributed by atoms with Crippen LogP contribution in [0.3, 0.4) is 0 Å². The summed E-state index contributed by atoms with van der Waals surface area (Å²) in [6.07, 6.45) is 2.79. The highest BCUT2D eigenvalue weighted by Crippen LogP contribution is 2.21. The number of anilines is 1. The largest absolute Gasteiger partial charge is 0.342 e. The highest BCUT2D eigenvalue weighted by atomic mass is 79.9. The van der Waals surface area contributed by atoms with Crippen LogP contribution in [-0.2, 0) is 6.54 Å². The van der Waals surface area contributed by atoms with E-state index in [0.29, 0.717) is 15.9 Å². The third-order valence-corrected chi connectivity index (χ3v) is 3.81. The Balaban J connectivity index is 2.21. The number of aryl methyl sites for hydroxylation is 1. The minimum absolute atomic E-state index is 0.258. The van der Waals surface area contributed by atoms with Gasteiger partial charge in [-0.1, -0.05) is 6.92 Å². The quantitative estimate of drug-likeness (QED) is 0.780. The molecule has 3 nitrogen and oxygen atoms in total. The zero-order chi connectivity index (χ0) is 14.7. The Morgan fingerprint density at radius 1 is 1.35 bits per heavy atom. The molecule has 0 saturated carbocycles. The fraction of sp³-hybridized carbons (Fsp3) is 0.214. The van der Waals surface area contributed by atoms with Crippen molar-refractivity contribution >= 4 is 43.5 Å².